The second-order valence-corrected chi connectivity index (χ2v) is 5.73. The van der Waals surface area contributed by atoms with Gasteiger partial charge in [-0.3, -0.25) is 0 Å². The van der Waals surface area contributed by atoms with Crippen LogP contribution in [-0.2, 0) is 0 Å². The molecule has 0 aromatic carbocycles. The molecule has 2 atom stereocenters. The predicted molar refractivity (Wildman–Crippen MR) is 72.6 cm³/mol. The van der Waals surface area contributed by atoms with Gasteiger partial charge in [0.15, 0.2) is 0 Å². The zero-order valence-corrected chi connectivity index (χ0v) is 11.2. The van der Waals surface area contributed by atoms with Crippen LogP contribution >= 0.6 is 0 Å². The Labute approximate surface area is 102 Å². The maximum atomic E-state index is 3.91. The fraction of sp³-hybridized carbons (Fsp3) is 0.867. The van der Waals surface area contributed by atoms with Crippen molar-refractivity contribution in [3.8, 4) is 0 Å². The van der Waals surface area contributed by atoms with Crippen LogP contribution in [0.2, 0.25) is 0 Å². The lowest BCUT2D eigenvalue weighted by atomic mass is 9.85. The second kappa shape index (κ2) is 7.89. The van der Waals surface area contributed by atoms with E-state index in [1.165, 1.54) is 45.1 Å². The molecule has 1 heteroatoms. The van der Waals surface area contributed by atoms with E-state index < -0.39 is 0 Å². The van der Waals surface area contributed by atoms with E-state index in [1.54, 1.807) is 0 Å². The lowest BCUT2D eigenvalue weighted by molar-refractivity contribution is 0.298. The molecule has 1 aliphatic carbocycles. The molecule has 0 saturated heterocycles. The summed E-state index contributed by atoms with van der Waals surface area (Å²) in [4.78, 5) is 0. The predicted octanol–water partition coefficient (Wildman–Crippen LogP) is 4.00. The summed E-state index contributed by atoms with van der Waals surface area (Å²) in [5.74, 6) is 2.54. The molecule has 0 heterocycles. The van der Waals surface area contributed by atoms with Gasteiger partial charge in [0, 0.05) is 0 Å². The highest BCUT2D eigenvalue weighted by atomic mass is 14.9. The van der Waals surface area contributed by atoms with Crippen LogP contribution in [0.1, 0.15) is 52.4 Å². The van der Waals surface area contributed by atoms with Crippen molar-refractivity contribution in [2.45, 2.75) is 52.4 Å². The van der Waals surface area contributed by atoms with Crippen LogP contribution in [0, 0.1) is 17.8 Å². The molecule has 16 heavy (non-hydrogen) atoms. The standard InChI is InChI=1S/C15H29N/c1-4-8-14-9-6-5-7-10-15(14)12-16-11-13(2)3/h4,13-16H,1,5-12H2,2-3H3. The highest BCUT2D eigenvalue weighted by Crippen LogP contribution is 2.30. The van der Waals surface area contributed by atoms with Gasteiger partial charge in [0.25, 0.3) is 0 Å². The molecule has 0 aromatic rings. The molecule has 1 nitrogen and oxygen atoms in total. The maximum Gasteiger partial charge on any atom is -0.00176 e. The van der Waals surface area contributed by atoms with Gasteiger partial charge in [-0.2, -0.15) is 0 Å². The minimum atomic E-state index is 0.767. The molecular formula is C15H29N. The highest BCUT2D eigenvalue weighted by Gasteiger charge is 2.22. The Hall–Kier alpha value is -0.300. The molecule has 1 fully saturated rings. The van der Waals surface area contributed by atoms with E-state index in [-0.39, 0.29) is 0 Å². The first-order valence-electron chi connectivity index (χ1n) is 7.05. The number of allylic oxidation sites excluding steroid dienone is 1. The highest BCUT2D eigenvalue weighted by molar-refractivity contribution is 4.81. The molecule has 0 aliphatic heterocycles. The van der Waals surface area contributed by atoms with Crippen LogP contribution < -0.4 is 5.32 Å². The summed E-state index contributed by atoms with van der Waals surface area (Å²) >= 11 is 0. The summed E-state index contributed by atoms with van der Waals surface area (Å²) in [6.07, 6.45) is 10.5. The quantitative estimate of drug-likeness (QED) is 0.530. The van der Waals surface area contributed by atoms with E-state index in [9.17, 15) is 0 Å². The molecule has 1 N–H and O–H groups in total. The fourth-order valence-corrected chi connectivity index (χ4v) is 2.81. The zero-order valence-electron chi connectivity index (χ0n) is 11.2. The Morgan fingerprint density at radius 2 is 1.88 bits per heavy atom. The summed E-state index contributed by atoms with van der Waals surface area (Å²) in [5.41, 5.74) is 0. The fourth-order valence-electron chi connectivity index (χ4n) is 2.81. The summed E-state index contributed by atoms with van der Waals surface area (Å²) in [6.45, 7) is 10.8. The molecule has 0 radical (unpaired) electrons. The number of hydrogen-bond acceptors (Lipinski definition) is 1. The van der Waals surface area contributed by atoms with Crippen molar-refractivity contribution in [1.29, 1.82) is 0 Å². The van der Waals surface area contributed by atoms with Crippen LogP contribution in [0.4, 0.5) is 0 Å². The van der Waals surface area contributed by atoms with Crippen LogP contribution in [-0.4, -0.2) is 13.1 Å². The van der Waals surface area contributed by atoms with Crippen LogP contribution in [0.15, 0.2) is 12.7 Å². The van der Waals surface area contributed by atoms with Gasteiger partial charge >= 0.3 is 0 Å². The molecule has 1 rings (SSSR count). The van der Waals surface area contributed by atoms with Gasteiger partial charge in [-0.25, -0.2) is 0 Å². The van der Waals surface area contributed by atoms with Gasteiger partial charge in [0.1, 0.15) is 0 Å². The van der Waals surface area contributed by atoms with E-state index >= 15 is 0 Å². The van der Waals surface area contributed by atoms with Crippen molar-refractivity contribution in [2.24, 2.45) is 17.8 Å². The molecule has 0 amide bonds. The Balaban J connectivity index is 2.34. The lowest BCUT2D eigenvalue weighted by Gasteiger charge is -2.25. The molecular weight excluding hydrogens is 194 g/mol. The van der Waals surface area contributed by atoms with Gasteiger partial charge in [-0.05, 0) is 50.1 Å². The molecule has 94 valence electrons. The smallest absolute Gasteiger partial charge is 0.00176 e. The number of rotatable bonds is 6. The Morgan fingerprint density at radius 1 is 1.19 bits per heavy atom. The van der Waals surface area contributed by atoms with Gasteiger partial charge in [0.2, 0.25) is 0 Å². The van der Waals surface area contributed by atoms with Crippen LogP contribution in [0.5, 0.6) is 0 Å². The average Bonchev–Trinajstić information content (AvgIpc) is 2.45. The van der Waals surface area contributed by atoms with E-state index in [0.29, 0.717) is 0 Å². The second-order valence-electron chi connectivity index (χ2n) is 5.73. The summed E-state index contributed by atoms with van der Waals surface area (Å²) in [6, 6.07) is 0. The number of hydrogen-bond donors (Lipinski definition) is 1. The van der Waals surface area contributed by atoms with Crippen molar-refractivity contribution in [3.63, 3.8) is 0 Å². The van der Waals surface area contributed by atoms with E-state index in [4.69, 9.17) is 0 Å². The largest absolute Gasteiger partial charge is 0.316 e. The molecule has 0 spiro atoms. The van der Waals surface area contributed by atoms with Gasteiger partial charge < -0.3 is 5.32 Å². The summed E-state index contributed by atoms with van der Waals surface area (Å²) in [5, 5.41) is 3.64. The van der Waals surface area contributed by atoms with Crippen molar-refractivity contribution >= 4 is 0 Å². The lowest BCUT2D eigenvalue weighted by Crippen LogP contribution is -2.30. The first-order valence-corrected chi connectivity index (χ1v) is 7.05. The zero-order chi connectivity index (χ0) is 11.8. The third-order valence-corrected chi connectivity index (χ3v) is 3.75. The van der Waals surface area contributed by atoms with Crippen molar-refractivity contribution < 1.29 is 0 Å². The van der Waals surface area contributed by atoms with E-state index in [2.05, 4.69) is 31.8 Å². The third-order valence-electron chi connectivity index (χ3n) is 3.75. The summed E-state index contributed by atoms with van der Waals surface area (Å²) < 4.78 is 0. The van der Waals surface area contributed by atoms with E-state index in [0.717, 1.165) is 24.3 Å². The SMILES string of the molecule is C=CCC1CCCCCC1CNCC(C)C. The van der Waals surface area contributed by atoms with E-state index in [1.807, 2.05) is 0 Å². The molecule has 0 bridgehead atoms. The minimum absolute atomic E-state index is 0.767. The topological polar surface area (TPSA) is 12.0 Å². The Morgan fingerprint density at radius 3 is 2.50 bits per heavy atom. The molecule has 1 saturated carbocycles. The van der Waals surface area contributed by atoms with Crippen LogP contribution in [0.3, 0.4) is 0 Å². The van der Waals surface area contributed by atoms with Crippen molar-refractivity contribution in [1.82, 2.24) is 5.32 Å². The first kappa shape index (κ1) is 13.8. The van der Waals surface area contributed by atoms with Gasteiger partial charge in [-0.15, -0.1) is 6.58 Å². The summed E-state index contributed by atoms with van der Waals surface area (Å²) in [7, 11) is 0. The van der Waals surface area contributed by atoms with Gasteiger partial charge in [-0.1, -0.05) is 39.2 Å². The van der Waals surface area contributed by atoms with Crippen LogP contribution in [0.25, 0.3) is 0 Å². The Bertz CT molecular complexity index is 186. The monoisotopic (exact) mass is 223 g/mol. The normalized spacial score (nSPS) is 26.7. The maximum absolute atomic E-state index is 3.91. The number of nitrogens with one attached hydrogen (secondary N) is 1. The third kappa shape index (κ3) is 5.16. The minimum Gasteiger partial charge on any atom is -0.316 e. The molecule has 0 aromatic heterocycles. The Kier molecular flexibility index (Phi) is 6.79. The van der Waals surface area contributed by atoms with Crippen molar-refractivity contribution in [2.75, 3.05) is 13.1 Å². The first-order chi connectivity index (χ1) is 7.74. The van der Waals surface area contributed by atoms with Gasteiger partial charge in [0.05, 0.1) is 0 Å². The average molecular weight is 223 g/mol. The molecule has 2 unspecified atom stereocenters. The van der Waals surface area contributed by atoms with Crippen molar-refractivity contribution in [3.05, 3.63) is 12.7 Å². The molecule has 1 aliphatic rings.